The number of hydrogen-bond donors (Lipinski definition) is 2. The average Bonchev–Trinajstić information content (AvgIpc) is 2.83. The summed E-state index contributed by atoms with van der Waals surface area (Å²) in [4.78, 5) is 19.0. The van der Waals surface area contributed by atoms with Crippen LogP contribution in [0.4, 0.5) is 4.39 Å². The van der Waals surface area contributed by atoms with Gasteiger partial charge in [0.05, 0.1) is 10.9 Å². The van der Waals surface area contributed by atoms with Gasteiger partial charge in [0.25, 0.3) is 5.56 Å². The lowest BCUT2D eigenvalue weighted by molar-refractivity contribution is 0.629. The summed E-state index contributed by atoms with van der Waals surface area (Å²) in [7, 11) is 0. The van der Waals surface area contributed by atoms with E-state index in [9.17, 15) is 9.18 Å². The first-order valence-electron chi connectivity index (χ1n) is 5.64. The predicted octanol–water partition coefficient (Wildman–Crippen LogP) is 1.14. The van der Waals surface area contributed by atoms with Gasteiger partial charge in [0, 0.05) is 12.5 Å². The van der Waals surface area contributed by atoms with Crippen LogP contribution in [0, 0.1) is 5.82 Å². The highest BCUT2D eigenvalue weighted by Gasteiger charge is 2.19. The lowest BCUT2D eigenvalue weighted by Gasteiger charge is -2.08. The molecule has 1 aliphatic heterocycles. The van der Waals surface area contributed by atoms with Crippen LogP contribution < -0.4 is 10.9 Å². The molecule has 1 saturated heterocycles. The fourth-order valence-corrected chi connectivity index (χ4v) is 2.21. The molecule has 1 aromatic carbocycles. The molecule has 1 unspecified atom stereocenters. The second kappa shape index (κ2) is 3.92. The third-order valence-electron chi connectivity index (χ3n) is 3.13. The molecule has 1 atom stereocenters. The molecular formula is C12H12FN3O. The molecular weight excluding hydrogens is 221 g/mol. The zero-order chi connectivity index (χ0) is 11.8. The van der Waals surface area contributed by atoms with Gasteiger partial charge in [-0.1, -0.05) is 0 Å². The molecule has 1 aromatic heterocycles. The first-order valence-corrected chi connectivity index (χ1v) is 5.64. The Labute approximate surface area is 96.9 Å². The molecule has 1 fully saturated rings. The van der Waals surface area contributed by atoms with Crippen LogP contribution in [0.2, 0.25) is 0 Å². The number of aromatic amines is 1. The van der Waals surface area contributed by atoms with Gasteiger partial charge in [0.2, 0.25) is 0 Å². The van der Waals surface area contributed by atoms with Crippen LogP contribution in [-0.2, 0) is 0 Å². The monoisotopic (exact) mass is 233 g/mol. The lowest BCUT2D eigenvalue weighted by Crippen LogP contribution is -2.16. The largest absolute Gasteiger partial charge is 0.316 e. The quantitative estimate of drug-likeness (QED) is 0.776. The molecule has 2 aromatic rings. The zero-order valence-corrected chi connectivity index (χ0v) is 9.16. The second-order valence-electron chi connectivity index (χ2n) is 4.30. The van der Waals surface area contributed by atoms with E-state index in [0.717, 1.165) is 19.5 Å². The SMILES string of the molecule is O=c1[nH]c(C2CCNC2)nc2ccc(F)cc12. The molecule has 17 heavy (non-hydrogen) atoms. The summed E-state index contributed by atoms with van der Waals surface area (Å²) >= 11 is 0. The molecule has 3 rings (SSSR count). The summed E-state index contributed by atoms with van der Waals surface area (Å²) in [5.74, 6) is 0.524. The standard InChI is InChI=1S/C12H12FN3O/c13-8-1-2-10-9(5-8)12(17)16-11(15-10)7-3-4-14-6-7/h1-2,5,7,14H,3-4,6H2,(H,15,16,17). The highest BCUT2D eigenvalue weighted by atomic mass is 19.1. The second-order valence-corrected chi connectivity index (χ2v) is 4.30. The molecule has 88 valence electrons. The van der Waals surface area contributed by atoms with E-state index in [1.807, 2.05) is 0 Å². The van der Waals surface area contributed by atoms with Crippen LogP contribution in [0.25, 0.3) is 10.9 Å². The maximum atomic E-state index is 13.0. The third-order valence-corrected chi connectivity index (χ3v) is 3.13. The van der Waals surface area contributed by atoms with Gasteiger partial charge < -0.3 is 10.3 Å². The molecule has 0 aliphatic carbocycles. The number of aromatic nitrogens is 2. The van der Waals surface area contributed by atoms with Crippen molar-refractivity contribution < 1.29 is 4.39 Å². The van der Waals surface area contributed by atoms with E-state index in [1.165, 1.54) is 12.1 Å². The molecule has 0 spiro atoms. The number of H-pyrrole nitrogens is 1. The maximum absolute atomic E-state index is 13.0. The van der Waals surface area contributed by atoms with Crippen molar-refractivity contribution in [2.45, 2.75) is 12.3 Å². The maximum Gasteiger partial charge on any atom is 0.258 e. The zero-order valence-electron chi connectivity index (χ0n) is 9.16. The highest BCUT2D eigenvalue weighted by molar-refractivity contribution is 5.77. The highest BCUT2D eigenvalue weighted by Crippen LogP contribution is 2.19. The Kier molecular flexibility index (Phi) is 2.40. The fraction of sp³-hybridized carbons (Fsp3) is 0.333. The molecule has 2 N–H and O–H groups in total. The van der Waals surface area contributed by atoms with Crippen LogP contribution in [0.5, 0.6) is 0 Å². The van der Waals surface area contributed by atoms with Gasteiger partial charge in [-0.15, -0.1) is 0 Å². The van der Waals surface area contributed by atoms with Crippen molar-refractivity contribution in [3.8, 4) is 0 Å². The third kappa shape index (κ3) is 1.82. The van der Waals surface area contributed by atoms with Gasteiger partial charge in [-0.3, -0.25) is 4.79 Å². The van der Waals surface area contributed by atoms with E-state index < -0.39 is 5.82 Å². The molecule has 2 heterocycles. The summed E-state index contributed by atoms with van der Waals surface area (Å²) in [5, 5.41) is 3.53. The van der Waals surface area contributed by atoms with Crippen LogP contribution in [0.1, 0.15) is 18.2 Å². The number of rotatable bonds is 1. The molecule has 0 bridgehead atoms. The number of nitrogens with zero attached hydrogens (tertiary/aromatic N) is 1. The van der Waals surface area contributed by atoms with Crippen LogP contribution in [-0.4, -0.2) is 23.1 Å². The van der Waals surface area contributed by atoms with E-state index >= 15 is 0 Å². The summed E-state index contributed by atoms with van der Waals surface area (Å²) in [5.41, 5.74) is 0.286. The summed E-state index contributed by atoms with van der Waals surface area (Å²) in [6, 6.07) is 4.09. The minimum Gasteiger partial charge on any atom is -0.316 e. The van der Waals surface area contributed by atoms with Crippen LogP contribution >= 0.6 is 0 Å². The Balaban J connectivity index is 2.17. The Hall–Kier alpha value is -1.75. The van der Waals surface area contributed by atoms with Crippen molar-refractivity contribution in [1.82, 2.24) is 15.3 Å². The van der Waals surface area contributed by atoms with Crippen molar-refractivity contribution in [3.05, 3.63) is 40.2 Å². The van der Waals surface area contributed by atoms with Gasteiger partial charge in [-0.2, -0.15) is 0 Å². The molecule has 4 nitrogen and oxygen atoms in total. The number of benzene rings is 1. The molecule has 1 aliphatic rings. The van der Waals surface area contributed by atoms with E-state index in [2.05, 4.69) is 15.3 Å². The summed E-state index contributed by atoms with van der Waals surface area (Å²) < 4.78 is 13.0. The number of nitrogens with one attached hydrogen (secondary N) is 2. The van der Waals surface area contributed by atoms with Crippen molar-refractivity contribution in [3.63, 3.8) is 0 Å². The predicted molar refractivity (Wildman–Crippen MR) is 62.5 cm³/mol. The minimum absolute atomic E-state index is 0.247. The van der Waals surface area contributed by atoms with E-state index in [0.29, 0.717) is 16.7 Å². The summed E-state index contributed by atoms with van der Waals surface area (Å²) in [6.07, 6.45) is 0.968. The Bertz CT molecular complexity index is 617. The van der Waals surface area contributed by atoms with Crippen molar-refractivity contribution >= 4 is 10.9 Å². The number of fused-ring (bicyclic) bond motifs is 1. The number of halogens is 1. The minimum atomic E-state index is -0.417. The Morgan fingerprint density at radius 3 is 3.06 bits per heavy atom. The van der Waals surface area contributed by atoms with Gasteiger partial charge in [0.1, 0.15) is 11.6 Å². The van der Waals surface area contributed by atoms with Crippen LogP contribution in [0.15, 0.2) is 23.0 Å². The van der Waals surface area contributed by atoms with Crippen LogP contribution in [0.3, 0.4) is 0 Å². The van der Waals surface area contributed by atoms with E-state index in [4.69, 9.17) is 0 Å². The van der Waals surface area contributed by atoms with Crippen molar-refractivity contribution in [2.75, 3.05) is 13.1 Å². The average molecular weight is 233 g/mol. The van der Waals surface area contributed by atoms with Gasteiger partial charge in [0.15, 0.2) is 0 Å². The van der Waals surface area contributed by atoms with Gasteiger partial charge in [-0.05, 0) is 31.2 Å². The smallest absolute Gasteiger partial charge is 0.258 e. The Morgan fingerprint density at radius 1 is 1.41 bits per heavy atom. The molecule has 0 saturated carbocycles. The summed E-state index contributed by atoms with van der Waals surface area (Å²) in [6.45, 7) is 1.77. The van der Waals surface area contributed by atoms with Crippen molar-refractivity contribution in [1.29, 1.82) is 0 Å². The molecule has 0 amide bonds. The van der Waals surface area contributed by atoms with E-state index in [1.54, 1.807) is 6.07 Å². The molecule has 5 heteroatoms. The van der Waals surface area contributed by atoms with Gasteiger partial charge in [-0.25, -0.2) is 9.37 Å². The molecule has 0 radical (unpaired) electrons. The van der Waals surface area contributed by atoms with E-state index in [-0.39, 0.29) is 11.5 Å². The van der Waals surface area contributed by atoms with Crippen molar-refractivity contribution in [2.24, 2.45) is 0 Å². The first-order chi connectivity index (χ1) is 8.24. The fourth-order valence-electron chi connectivity index (χ4n) is 2.21. The first kappa shape index (κ1) is 10.4. The lowest BCUT2D eigenvalue weighted by atomic mass is 10.1. The Morgan fingerprint density at radius 2 is 2.29 bits per heavy atom. The number of hydrogen-bond acceptors (Lipinski definition) is 3. The topological polar surface area (TPSA) is 57.8 Å². The normalized spacial score (nSPS) is 19.9. The van der Waals surface area contributed by atoms with Gasteiger partial charge >= 0.3 is 0 Å².